The molecule has 0 radical (unpaired) electrons. The lowest BCUT2D eigenvalue weighted by Gasteiger charge is -2.32. The van der Waals surface area contributed by atoms with Gasteiger partial charge in [0.1, 0.15) is 0 Å². The van der Waals surface area contributed by atoms with Crippen LogP contribution in [0.15, 0.2) is 12.7 Å². The van der Waals surface area contributed by atoms with Crippen LogP contribution in [0, 0.1) is 17.8 Å². The third-order valence-electron chi connectivity index (χ3n) is 3.37. The molecule has 1 aliphatic carbocycles. The van der Waals surface area contributed by atoms with E-state index in [0.717, 1.165) is 17.8 Å². The number of hydrogen-bond donors (Lipinski definition) is 0. The summed E-state index contributed by atoms with van der Waals surface area (Å²) in [5.41, 5.74) is 0. The van der Waals surface area contributed by atoms with E-state index in [-0.39, 0.29) is 0 Å². The van der Waals surface area contributed by atoms with Crippen molar-refractivity contribution < 1.29 is 0 Å². The lowest BCUT2D eigenvalue weighted by molar-refractivity contribution is 0.221. The summed E-state index contributed by atoms with van der Waals surface area (Å²) in [7, 11) is 0. The van der Waals surface area contributed by atoms with Gasteiger partial charge in [-0.05, 0) is 30.6 Å². The van der Waals surface area contributed by atoms with Gasteiger partial charge in [-0.1, -0.05) is 53.0 Å². The minimum Gasteiger partial charge on any atom is -0.103 e. The summed E-state index contributed by atoms with van der Waals surface area (Å²) in [4.78, 5) is 0. The number of hydrogen-bond acceptors (Lipinski definition) is 0. The fourth-order valence-corrected chi connectivity index (χ4v) is 2.45. The van der Waals surface area contributed by atoms with Gasteiger partial charge in [-0.25, -0.2) is 0 Å². The Balaban J connectivity index is 0.000000791. The van der Waals surface area contributed by atoms with Gasteiger partial charge in [0.05, 0.1) is 0 Å². The van der Waals surface area contributed by atoms with Crippen LogP contribution in [0.25, 0.3) is 0 Å². The van der Waals surface area contributed by atoms with Crippen LogP contribution in [0.5, 0.6) is 0 Å². The highest BCUT2D eigenvalue weighted by atomic mass is 14.3. The molecule has 0 saturated heterocycles. The molecule has 0 amide bonds. The lowest BCUT2D eigenvalue weighted by Crippen LogP contribution is -2.21. The zero-order valence-corrected chi connectivity index (χ0v) is 10.6. The predicted octanol–water partition coefficient (Wildman–Crippen LogP) is 5.05. The topological polar surface area (TPSA) is 0 Å². The molecule has 0 heterocycles. The van der Waals surface area contributed by atoms with Gasteiger partial charge in [0.2, 0.25) is 0 Å². The second-order valence-electron chi connectivity index (χ2n) is 4.34. The molecule has 3 unspecified atom stereocenters. The zero-order valence-electron chi connectivity index (χ0n) is 10.6. The van der Waals surface area contributed by atoms with Crippen LogP contribution in [0.3, 0.4) is 0 Å². The average Bonchev–Trinajstić information content (AvgIpc) is 2.24. The van der Waals surface area contributed by atoms with E-state index in [1.54, 1.807) is 0 Å². The van der Waals surface area contributed by atoms with Gasteiger partial charge in [-0.3, -0.25) is 0 Å². The molecule has 0 aliphatic heterocycles. The standard InChI is InChI=1S/C12H22.C2H6/c1-4-6-11-8-7-10(3)12(5-2)9-11;1-2/h5,10-12H,2,4,6-9H2,1,3H3;1-2H3. The molecule has 1 saturated carbocycles. The van der Waals surface area contributed by atoms with E-state index in [9.17, 15) is 0 Å². The molecule has 0 aromatic carbocycles. The first-order valence-electron chi connectivity index (χ1n) is 6.40. The summed E-state index contributed by atoms with van der Waals surface area (Å²) >= 11 is 0. The SMILES string of the molecule is C=CC1CC(CCC)CCC1C.CC. The molecule has 0 spiro atoms. The van der Waals surface area contributed by atoms with E-state index in [0.29, 0.717) is 0 Å². The molecule has 0 nitrogen and oxygen atoms in total. The Morgan fingerprint density at radius 1 is 1.29 bits per heavy atom. The summed E-state index contributed by atoms with van der Waals surface area (Å²) in [5, 5.41) is 0. The first-order valence-corrected chi connectivity index (χ1v) is 6.40. The molecule has 0 aromatic rings. The fourth-order valence-electron chi connectivity index (χ4n) is 2.45. The summed E-state index contributed by atoms with van der Waals surface area (Å²) in [6, 6.07) is 0. The van der Waals surface area contributed by atoms with Crippen molar-refractivity contribution in [2.75, 3.05) is 0 Å². The van der Waals surface area contributed by atoms with Crippen molar-refractivity contribution in [2.24, 2.45) is 17.8 Å². The Kier molecular flexibility index (Phi) is 7.93. The second kappa shape index (κ2) is 8.08. The summed E-state index contributed by atoms with van der Waals surface area (Å²) in [5.74, 6) is 2.68. The Morgan fingerprint density at radius 3 is 2.43 bits per heavy atom. The maximum absolute atomic E-state index is 3.93. The van der Waals surface area contributed by atoms with Crippen molar-refractivity contribution >= 4 is 0 Å². The Labute approximate surface area is 90.8 Å². The van der Waals surface area contributed by atoms with Gasteiger partial charge in [-0.2, -0.15) is 0 Å². The highest BCUT2D eigenvalue weighted by Crippen LogP contribution is 2.36. The van der Waals surface area contributed by atoms with Crippen LogP contribution in [0.2, 0.25) is 0 Å². The van der Waals surface area contributed by atoms with E-state index < -0.39 is 0 Å². The third kappa shape index (κ3) is 4.30. The van der Waals surface area contributed by atoms with Crippen LogP contribution in [-0.2, 0) is 0 Å². The molecule has 0 bridgehead atoms. The normalized spacial score (nSPS) is 31.6. The van der Waals surface area contributed by atoms with Crippen LogP contribution >= 0.6 is 0 Å². The number of allylic oxidation sites excluding steroid dienone is 1. The summed E-state index contributed by atoms with van der Waals surface area (Å²) in [6.07, 6.45) is 9.23. The lowest BCUT2D eigenvalue weighted by atomic mass is 9.74. The van der Waals surface area contributed by atoms with E-state index in [1.807, 2.05) is 13.8 Å². The largest absolute Gasteiger partial charge is 0.103 e. The maximum atomic E-state index is 3.93. The van der Waals surface area contributed by atoms with Gasteiger partial charge in [-0.15, -0.1) is 6.58 Å². The molecule has 84 valence electrons. The second-order valence-corrected chi connectivity index (χ2v) is 4.34. The molecule has 1 aliphatic rings. The van der Waals surface area contributed by atoms with Crippen molar-refractivity contribution in [1.82, 2.24) is 0 Å². The highest BCUT2D eigenvalue weighted by Gasteiger charge is 2.24. The molecule has 0 N–H and O–H groups in total. The van der Waals surface area contributed by atoms with Crippen molar-refractivity contribution in [2.45, 2.75) is 59.8 Å². The molecule has 3 atom stereocenters. The van der Waals surface area contributed by atoms with Crippen LogP contribution in [-0.4, -0.2) is 0 Å². The Hall–Kier alpha value is -0.260. The quantitative estimate of drug-likeness (QED) is 0.554. The maximum Gasteiger partial charge on any atom is -0.0208 e. The van der Waals surface area contributed by atoms with Crippen LogP contribution in [0.1, 0.15) is 59.8 Å². The fraction of sp³-hybridized carbons (Fsp3) is 0.857. The molecule has 0 aromatic heterocycles. The summed E-state index contributed by atoms with van der Waals surface area (Å²) in [6.45, 7) is 12.6. The molecular formula is C14H28. The average molecular weight is 196 g/mol. The molecule has 14 heavy (non-hydrogen) atoms. The van der Waals surface area contributed by atoms with Crippen molar-refractivity contribution in [3.05, 3.63) is 12.7 Å². The van der Waals surface area contributed by atoms with Gasteiger partial charge < -0.3 is 0 Å². The molecular weight excluding hydrogens is 168 g/mol. The monoisotopic (exact) mass is 196 g/mol. The smallest absolute Gasteiger partial charge is 0.0208 e. The van der Waals surface area contributed by atoms with Gasteiger partial charge in [0.15, 0.2) is 0 Å². The minimum atomic E-state index is 0.801. The van der Waals surface area contributed by atoms with Gasteiger partial charge >= 0.3 is 0 Å². The van der Waals surface area contributed by atoms with Crippen molar-refractivity contribution in [1.29, 1.82) is 0 Å². The first kappa shape index (κ1) is 13.7. The van der Waals surface area contributed by atoms with E-state index in [2.05, 4.69) is 26.5 Å². The number of rotatable bonds is 3. The first-order chi connectivity index (χ1) is 6.77. The van der Waals surface area contributed by atoms with Gasteiger partial charge in [0, 0.05) is 0 Å². The van der Waals surface area contributed by atoms with Gasteiger partial charge in [0.25, 0.3) is 0 Å². The molecule has 1 fully saturated rings. The van der Waals surface area contributed by atoms with Crippen LogP contribution < -0.4 is 0 Å². The van der Waals surface area contributed by atoms with Crippen molar-refractivity contribution in [3.63, 3.8) is 0 Å². The minimum absolute atomic E-state index is 0.801. The Bertz CT molecular complexity index is 137. The highest BCUT2D eigenvalue weighted by molar-refractivity contribution is 4.88. The molecule has 1 rings (SSSR count). The van der Waals surface area contributed by atoms with Crippen molar-refractivity contribution in [3.8, 4) is 0 Å². The third-order valence-corrected chi connectivity index (χ3v) is 3.37. The Morgan fingerprint density at radius 2 is 1.93 bits per heavy atom. The van der Waals surface area contributed by atoms with E-state index in [1.165, 1.54) is 32.1 Å². The van der Waals surface area contributed by atoms with Crippen LogP contribution in [0.4, 0.5) is 0 Å². The van der Waals surface area contributed by atoms with E-state index in [4.69, 9.17) is 0 Å². The van der Waals surface area contributed by atoms with E-state index >= 15 is 0 Å². The summed E-state index contributed by atoms with van der Waals surface area (Å²) < 4.78 is 0. The zero-order chi connectivity index (χ0) is 11.0. The predicted molar refractivity (Wildman–Crippen MR) is 66.4 cm³/mol. The molecule has 0 heteroatoms.